The molecule has 154 valence electrons. The first-order chi connectivity index (χ1) is 14.7. The van der Waals surface area contributed by atoms with Crippen LogP contribution in [0.4, 0.5) is 5.82 Å². The Kier molecular flexibility index (Phi) is 4.66. The molecule has 0 atom stereocenters. The highest BCUT2D eigenvalue weighted by molar-refractivity contribution is 5.92. The molecule has 1 aromatic carbocycles. The average molecular weight is 407 g/mol. The molecule has 1 fully saturated rings. The van der Waals surface area contributed by atoms with Crippen molar-refractivity contribution in [3.8, 4) is 11.5 Å². The van der Waals surface area contributed by atoms with Crippen LogP contribution in [0.5, 0.6) is 11.5 Å². The number of carbonyl (C=O) groups excluding carboxylic acids is 1. The molecule has 0 bridgehead atoms. The number of carbonyl (C=O) groups is 1. The Morgan fingerprint density at radius 2 is 1.97 bits per heavy atom. The Bertz CT molecular complexity index is 1120. The lowest BCUT2D eigenvalue weighted by Crippen LogP contribution is -2.48. The van der Waals surface area contributed by atoms with Crippen LogP contribution in [0.3, 0.4) is 0 Å². The maximum absolute atomic E-state index is 12.6. The van der Waals surface area contributed by atoms with E-state index in [0.717, 1.165) is 22.8 Å². The topological polar surface area (TPSA) is 98.5 Å². The first kappa shape index (κ1) is 18.3. The van der Waals surface area contributed by atoms with Crippen molar-refractivity contribution in [3.63, 3.8) is 0 Å². The molecule has 0 N–H and O–H groups in total. The van der Waals surface area contributed by atoms with Crippen molar-refractivity contribution in [2.24, 2.45) is 0 Å². The van der Waals surface area contributed by atoms with Crippen LogP contribution in [-0.4, -0.2) is 68.7 Å². The summed E-state index contributed by atoms with van der Waals surface area (Å²) < 4.78 is 12.4. The van der Waals surface area contributed by atoms with E-state index in [9.17, 15) is 4.79 Å². The molecular formula is C20H21N7O3. The maximum atomic E-state index is 12.6. The van der Waals surface area contributed by atoms with Crippen molar-refractivity contribution in [3.05, 3.63) is 36.2 Å². The number of piperazine rings is 1. The number of anilines is 1. The van der Waals surface area contributed by atoms with Crippen molar-refractivity contribution >= 4 is 29.0 Å². The summed E-state index contributed by atoms with van der Waals surface area (Å²) in [5.41, 5.74) is 2.32. The lowest BCUT2D eigenvalue weighted by molar-refractivity contribution is -0.126. The van der Waals surface area contributed by atoms with Crippen LogP contribution in [0.15, 0.2) is 30.6 Å². The molecule has 0 saturated carbocycles. The van der Waals surface area contributed by atoms with Crippen LogP contribution in [0.1, 0.15) is 12.5 Å². The molecule has 10 heteroatoms. The van der Waals surface area contributed by atoms with E-state index in [-0.39, 0.29) is 12.7 Å². The van der Waals surface area contributed by atoms with E-state index in [1.807, 2.05) is 30.0 Å². The van der Waals surface area contributed by atoms with Gasteiger partial charge in [-0.1, -0.05) is 11.3 Å². The summed E-state index contributed by atoms with van der Waals surface area (Å²) in [6.45, 7) is 5.50. The standard InChI is InChI=1S/C20H21N7O3/c1-2-27-20-18(23-24-27)19(21-12-22-20)26-9-7-25(8-10-26)17(28)6-4-14-3-5-15-16(11-14)30-13-29-15/h3-6,11-12H,2,7-10,13H2,1H3/b6-4-. The number of hydrogen-bond donors (Lipinski definition) is 0. The van der Waals surface area contributed by atoms with E-state index in [1.165, 1.54) is 0 Å². The first-order valence-corrected chi connectivity index (χ1v) is 9.88. The molecule has 0 aliphatic carbocycles. The quantitative estimate of drug-likeness (QED) is 0.598. The summed E-state index contributed by atoms with van der Waals surface area (Å²) in [6.07, 6.45) is 4.94. The Morgan fingerprint density at radius 1 is 1.13 bits per heavy atom. The van der Waals surface area contributed by atoms with E-state index < -0.39 is 0 Å². The highest BCUT2D eigenvalue weighted by atomic mass is 16.7. The second kappa shape index (κ2) is 7.62. The smallest absolute Gasteiger partial charge is 0.246 e. The summed E-state index contributed by atoms with van der Waals surface area (Å²) in [6, 6.07) is 5.62. The summed E-state index contributed by atoms with van der Waals surface area (Å²) >= 11 is 0. The van der Waals surface area contributed by atoms with Crippen LogP contribution in [-0.2, 0) is 11.3 Å². The fourth-order valence-corrected chi connectivity index (χ4v) is 3.65. The largest absolute Gasteiger partial charge is 0.454 e. The van der Waals surface area contributed by atoms with E-state index >= 15 is 0 Å². The zero-order valence-corrected chi connectivity index (χ0v) is 16.6. The average Bonchev–Trinajstić information content (AvgIpc) is 3.43. The van der Waals surface area contributed by atoms with Gasteiger partial charge in [-0.25, -0.2) is 14.6 Å². The number of aryl methyl sites for hydroxylation is 1. The normalized spacial score (nSPS) is 16.0. The number of aromatic nitrogens is 5. The van der Waals surface area contributed by atoms with Gasteiger partial charge in [-0.05, 0) is 30.7 Å². The Labute approximate surface area is 172 Å². The van der Waals surface area contributed by atoms with Gasteiger partial charge in [0.15, 0.2) is 28.5 Å². The SMILES string of the molecule is CCn1nnc2c(N3CCN(C(=O)/C=C\c4ccc5c(c4)OCO5)CC3)ncnc21. The van der Waals surface area contributed by atoms with Gasteiger partial charge in [0, 0.05) is 38.8 Å². The lowest BCUT2D eigenvalue weighted by Gasteiger charge is -2.34. The molecule has 1 saturated heterocycles. The molecule has 10 nitrogen and oxygen atoms in total. The maximum Gasteiger partial charge on any atom is 0.246 e. The van der Waals surface area contributed by atoms with Crippen molar-refractivity contribution in [2.45, 2.75) is 13.5 Å². The molecule has 2 aliphatic heterocycles. The molecule has 3 aromatic rings. The minimum atomic E-state index is -0.0166. The fourth-order valence-electron chi connectivity index (χ4n) is 3.65. The Hall–Kier alpha value is -3.69. The molecule has 1 amide bonds. The molecule has 4 heterocycles. The van der Waals surface area contributed by atoms with E-state index in [4.69, 9.17) is 9.47 Å². The summed E-state index contributed by atoms with van der Waals surface area (Å²) in [5, 5.41) is 8.38. The first-order valence-electron chi connectivity index (χ1n) is 9.88. The van der Waals surface area contributed by atoms with Gasteiger partial charge < -0.3 is 19.3 Å². The second-order valence-corrected chi connectivity index (χ2v) is 7.03. The predicted molar refractivity (Wildman–Crippen MR) is 109 cm³/mol. The minimum absolute atomic E-state index is 0.0166. The molecule has 2 aromatic heterocycles. The molecule has 0 spiro atoms. The predicted octanol–water partition coefficient (Wildman–Crippen LogP) is 1.33. The number of hydrogen-bond acceptors (Lipinski definition) is 8. The van der Waals surface area contributed by atoms with E-state index in [0.29, 0.717) is 44.0 Å². The second-order valence-electron chi connectivity index (χ2n) is 7.03. The third kappa shape index (κ3) is 3.30. The van der Waals surface area contributed by atoms with Gasteiger partial charge in [-0.15, -0.1) is 5.10 Å². The lowest BCUT2D eigenvalue weighted by atomic mass is 10.2. The van der Waals surface area contributed by atoms with Crippen molar-refractivity contribution < 1.29 is 14.3 Å². The highest BCUT2D eigenvalue weighted by Crippen LogP contribution is 2.32. The summed E-state index contributed by atoms with van der Waals surface area (Å²) in [7, 11) is 0. The van der Waals surface area contributed by atoms with E-state index in [2.05, 4.69) is 25.2 Å². The van der Waals surface area contributed by atoms with Crippen LogP contribution >= 0.6 is 0 Å². The van der Waals surface area contributed by atoms with Gasteiger partial charge in [0.2, 0.25) is 12.7 Å². The van der Waals surface area contributed by atoms with E-state index in [1.54, 1.807) is 23.2 Å². The van der Waals surface area contributed by atoms with Crippen LogP contribution in [0.2, 0.25) is 0 Å². The highest BCUT2D eigenvalue weighted by Gasteiger charge is 2.23. The van der Waals surface area contributed by atoms with Gasteiger partial charge in [0.25, 0.3) is 0 Å². The zero-order valence-electron chi connectivity index (χ0n) is 16.6. The minimum Gasteiger partial charge on any atom is -0.454 e. The molecule has 5 rings (SSSR count). The third-order valence-corrected chi connectivity index (χ3v) is 5.29. The van der Waals surface area contributed by atoms with Gasteiger partial charge in [-0.3, -0.25) is 4.79 Å². The molecule has 2 aliphatic rings. The van der Waals surface area contributed by atoms with Crippen LogP contribution in [0, 0.1) is 0 Å². The Morgan fingerprint density at radius 3 is 2.80 bits per heavy atom. The number of amides is 1. The number of benzene rings is 1. The number of nitrogens with zero attached hydrogens (tertiary/aromatic N) is 7. The number of fused-ring (bicyclic) bond motifs is 2. The summed E-state index contributed by atoms with van der Waals surface area (Å²) in [4.78, 5) is 25.3. The zero-order chi connectivity index (χ0) is 20.5. The van der Waals surface area contributed by atoms with Gasteiger partial charge in [0.05, 0.1) is 0 Å². The van der Waals surface area contributed by atoms with Crippen LogP contribution in [0.25, 0.3) is 17.2 Å². The van der Waals surface area contributed by atoms with Gasteiger partial charge >= 0.3 is 0 Å². The number of ether oxygens (including phenoxy) is 2. The molecule has 0 radical (unpaired) electrons. The van der Waals surface area contributed by atoms with Gasteiger partial charge in [0.1, 0.15) is 6.33 Å². The molecule has 0 unspecified atom stereocenters. The van der Waals surface area contributed by atoms with Crippen molar-refractivity contribution in [2.75, 3.05) is 37.9 Å². The number of rotatable bonds is 4. The van der Waals surface area contributed by atoms with Crippen LogP contribution < -0.4 is 14.4 Å². The third-order valence-electron chi connectivity index (χ3n) is 5.29. The molecular weight excluding hydrogens is 386 g/mol. The van der Waals surface area contributed by atoms with Crippen molar-refractivity contribution in [1.29, 1.82) is 0 Å². The molecule has 30 heavy (non-hydrogen) atoms. The van der Waals surface area contributed by atoms with Gasteiger partial charge in [-0.2, -0.15) is 0 Å². The monoisotopic (exact) mass is 407 g/mol. The summed E-state index contributed by atoms with van der Waals surface area (Å²) in [5.74, 6) is 2.18. The Balaban J connectivity index is 1.24. The fraction of sp³-hybridized carbons (Fsp3) is 0.350. The van der Waals surface area contributed by atoms with Crippen molar-refractivity contribution in [1.82, 2.24) is 29.9 Å².